The number of sulfonamides is 1. The van der Waals surface area contributed by atoms with Gasteiger partial charge in [0.15, 0.2) is 0 Å². The molecule has 0 saturated carbocycles. The third kappa shape index (κ3) is 6.04. The summed E-state index contributed by atoms with van der Waals surface area (Å²) < 4.78 is 26.8. The van der Waals surface area contributed by atoms with Crippen LogP contribution in [-0.4, -0.2) is 74.6 Å². The van der Waals surface area contributed by atoms with Crippen molar-refractivity contribution in [2.45, 2.75) is 18.2 Å². The summed E-state index contributed by atoms with van der Waals surface area (Å²) in [5.41, 5.74) is 0.286. The number of terminal acetylenes is 1. The van der Waals surface area contributed by atoms with E-state index in [1.807, 2.05) is 0 Å². The average molecular weight is 420 g/mol. The van der Waals surface area contributed by atoms with Gasteiger partial charge in [-0.05, 0) is 24.3 Å². The lowest BCUT2D eigenvalue weighted by atomic mass is 10.2. The van der Waals surface area contributed by atoms with Crippen molar-refractivity contribution >= 4 is 27.7 Å². The van der Waals surface area contributed by atoms with Gasteiger partial charge < -0.3 is 15.5 Å². The summed E-state index contributed by atoms with van der Waals surface area (Å²) >= 11 is 0. The summed E-state index contributed by atoms with van der Waals surface area (Å²) in [6.07, 6.45) is 5.13. The number of carbonyl (C=O) groups is 3. The van der Waals surface area contributed by atoms with Gasteiger partial charge in [0, 0.05) is 51.6 Å². The Morgan fingerprint density at radius 1 is 1.07 bits per heavy atom. The van der Waals surface area contributed by atoms with Gasteiger partial charge in [-0.15, -0.1) is 6.42 Å². The van der Waals surface area contributed by atoms with E-state index < -0.39 is 15.9 Å². The fourth-order valence-electron chi connectivity index (χ4n) is 2.80. The molecule has 0 unspecified atom stereocenters. The van der Waals surface area contributed by atoms with Gasteiger partial charge >= 0.3 is 0 Å². The molecule has 0 aliphatic carbocycles. The molecule has 0 spiro atoms. The topological polar surface area (TPSA) is 116 Å². The number of rotatable bonds is 7. The van der Waals surface area contributed by atoms with Crippen molar-refractivity contribution in [2.75, 3.05) is 39.3 Å². The zero-order valence-corrected chi connectivity index (χ0v) is 17.0. The third-order valence-electron chi connectivity index (χ3n) is 4.46. The molecular formula is C19H24N4O5S. The first-order valence-electron chi connectivity index (χ1n) is 9.10. The van der Waals surface area contributed by atoms with Gasteiger partial charge in [0.2, 0.25) is 21.8 Å². The number of piperazine rings is 1. The molecule has 1 aliphatic heterocycles. The van der Waals surface area contributed by atoms with E-state index in [-0.39, 0.29) is 54.9 Å². The van der Waals surface area contributed by atoms with Gasteiger partial charge in [-0.3, -0.25) is 14.4 Å². The first-order valence-corrected chi connectivity index (χ1v) is 10.5. The van der Waals surface area contributed by atoms with E-state index in [1.54, 1.807) is 4.90 Å². The van der Waals surface area contributed by atoms with Crippen LogP contribution in [0.2, 0.25) is 0 Å². The molecular weight excluding hydrogens is 396 g/mol. The molecule has 1 aromatic rings. The lowest BCUT2D eigenvalue weighted by Gasteiger charge is -2.33. The first-order chi connectivity index (χ1) is 13.8. The fraction of sp³-hybridized carbons (Fsp3) is 0.421. The van der Waals surface area contributed by atoms with Crippen LogP contribution in [0.15, 0.2) is 29.2 Å². The van der Waals surface area contributed by atoms with Crippen LogP contribution >= 0.6 is 0 Å². The van der Waals surface area contributed by atoms with Crippen molar-refractivity contribution in [3.8, 4) is 12.3 Å². The van der Waals surface area contributed by atoms with Crippen LogP contribution in [-0.2, 0) is 19.6 Å². The highest BCUT2D eigenvalue weighted by atomic mass is 32.2. The Morgan fingerprint density at radius 3 is 2.24 bits per heavy atom. The number of nitrogens with zero attached hydrogens (tertiary/aromatic N) is 2. The van der Waals surface area contributed by atoms with E-state index in [0.717, 1.165) is 0 Å². The van der Waals surface area contributed by atoms with E-state index >= 15 is 0 Å². The molecule has 156 valence electrons. The molecule has 1 aliphatic rings. The highest BCUT2D eigenvalue weighted by Gasteiger charge is 2.29. The molecule has 1 aromatic carbocycles. The Balaban J connectivity index is 1.92. The Labute approximate surface area is 170 Å². The van der Waals surface area contributed by atoms with Crippen LogP contribution in [0.25, 0.3) is 0 Å². The lowest BCUT2D eigenvalue weighted by molar-refractivity contribution is -0.130. The predicted octanol–water partition coefficient (Wildman–Crippen LogP) is -0.591. The maximum atomic E-state index is 12.7. The smallest absolute Gasteiger partial charge is 0.251 e. The Kier molecular flexibility index (Phi) is 7.75. The van der Waals surface area contributed by atoms with E-state index in [9.17, 15) is 22.8 Å². The monoisotopic (exact) mass is 420 g/mol. The minimum atomic E-state index is -3.70. The van der Waals surface area contributed by atoms with E-state index in [4.69, 9.17) is 6.42 Å². The van der Waals surface area contributed by atoms with Crippen LogP contribution in [0.5, 0.6) is 0 Å². The second kappa shape index (κ2) is 10.0. The molecule has 1 fully saturated rings. The number of carbonyl (C=O) groups excluding carboxylic acids is 3. The molecule has 0 bridgehead atoms. The van der Waals surface area contributed by atoms with Crippen LogP contribution in [0.1, 0.15) is 23.7 Å². The minimum Gasteiger partial charge on any atom is -0.352 e. The Hall–Kier alpha value is -2.90. The largest absolute Gasteiger partial charge is 0.352 e. The standard InChI is InChI=1S/C19H24N4O5S/c1-3-9-20-18(25)8-10-21-19(26)16-4-6-17(7-5-16)29(27,28)23-13-11-22(12-14-23)15(2)24/h1,4-7H,8-14H2,2H3,(H,20,25)(H,21,26). The van der Waals surface area contributed by atoms with E-state index in [0.29, 0.717) is 13.1 Å². The molecule has 0 radical (unpaired) electrons. The normalized spacial score (nSPS) is 14.7. The molecule has 9 nitrogen and oxygen atoms in total. The quantitative estimate of drug-likeness (QED) is 0.572. The van der Waals surface area contributed by atoms with Crippen LogP contribution < -0.4 is 10.6 Å². The van der Waals surface area contributed by atoms with Crippen LogP contribution in [0.3, 0.4) is 0 Å². The number of hydrogen-bond acceptors (Lipinski definition) is 5. The Bertz CT molecular complexity index is 898. The number of amides is 3. The van der Waals surface area contributed by atoms with Crippen molar-refractivity contribution in [3.63, 3.8) is 0 Å². The lowest BCUT2D eigenvalue weighted by Crippen LogP contribution is -2.49. The van der Waals surface area contributed by atoms with Gasteiger partial charge in [-0.1, -0.05) is 5.92 Å². The average Bonchev–Trinajstić information content (AvgIpc) is 2.72. The summed E-state index contributed by atoms with van der Waals surface area (Å²) in [6, 6.07) is 5.60. The zero-order valence-electron chi connectivity index (χ0n) is 16.2. The molecule has 10 heteroatoms. The molecule has 1 heterocycles. The van der Waals surface area contributed by atoms with Gasteiger partial charge in [-0.2, -0.15) is 4.31 Å². The maximum Gasteiger partial charge on any atom is 0.251 e. The van der Waals surface area contributed by atoms with Crippen molar-refractivity contribution in [1.82, 2.24) is 19.8 Å². The van der Waals surface area contributed by atoms with Crippen molar-refractivity contribution in [3.05, 3.63) is 29.8 Å². The van der Waals surface area contributed by atoms with Gasteiger partial charge in [0.1, 0.15) is 0 Å². The van der Waals surface area contributed by atoms with Crippen LogP contribution in [0, 0.1) is 12.3 Å². The Morgan fingerprint density at radius 2 is 1.69 bits per heavy atom. The molecule has 29 heavy (non-hydrogen) atoms. The molecule has 3 amide bonds. The zero-order chi connectivity index (χ0) is 21.4. The second-order valence-corrected chi connectivity index (χ2v) is 8.36. The third-order valence-corrected chi connectivity index (χ3v) is 6.38. The minimum absolute atomic E-state index is 0.0778. The van der Waals surface area contributed by atoms with Crippen LogP contribution in [0.4, 0.5) is 0 Å². The summed E-state index contributed by atoms with van der Waals surface area (Å²) in [6.45, 7) is 2.88. The predicted molar refractivity (Wildman–Crippen MR) is 106 cm³/mol. The highest BCUT2D eigenvalue weighted by molar-refractivity contribution is 7.89. The van der Waals surface area contributed by atoms with Crippen molar-refractivity contribution in [1.29, 1.82) is 0 Å². The summed E-state index contributed by atoms with van der Waals surface area (Å²) in [4.78, 5) is 36.6. The molecule has 2 N–H and O–H groups in total. The van der Waals surface area contributed by atoms with Gasteiger partial charge in [0.05, 0.1) is 11.4 Å². The molecule has 0 aromatic heterocycles. The van der Waals surface area contributed by atoms with E-state index in [1.165, 1.54) is 35.5 Å². The van der Waals surface area contributed by atoms with Gasteiger partial charge in [-0.25, -0.2) is 8.42 Å². The second-order valence-electron chi connectivity index (χ2n) is 6.42. The SMILES string of the molecule is C#CCNC(=O)CCNC(=O)c1ccc(S(=O)(=O)N2CCN(C(C)=O)CC2)cc1. The summed E-state index contributed by atoms with van der Waals surface area (Å²) in [5, 5.41) is 5.09. The number of benzene rings is 1. The molecule has 2 rings (SSSR count). The van der Waals surface area contributed by atoms with Gasteiger partial charge in [0.25, 0.3) is 5.91 Å². The summed E-state index contributed by atoms with van der Waals surface area (Å²) in [7, 11) is -3.70. The van der Waals surface area contributed by atoms with Crippen molar-refractivity contribution < 1.29 is 22.8 Å². The fourth-order valence-corrected chi connectivity index (χ4v) is 4.22. The number of nitrogens with one attached hydrogen (secondary N) is 2. The summed E-state index contributed by atoms with van der Waals surface area (Å²) in [5.74, 6) is 1.53. The maximum absolute atomic E-state index is 12.7. The highest BCUT2D eigenvalue weighted by Crippen LogP contribution is 2.18. The first kappa shape index (κ1) is 22.4. The number of hydrogen-bond donors (Lipinski definition) is 2. The van der Waals surface area contributed by atoms with Crippen molar-refractivity contribution in [2.24, 2.45) is 0 Å². The van der Waals surface area contributed by atoms with E-state index in [2.05, 4.69) is 16.6 Å². The molecule has 0 atom stereocenters. The molecule has 1 saturated heterocycles.